The highest BCUT2D eigenvalue weighted by molar-refractivity contribution is 5.24. The molecule has 1 fully saturated rings. The van der Waals surface area contributed by atoms with Crippen molar-refractivity contribution in [3.8, 4) is 0 Å². The van der Waals surface area contributed by atoms with Gasteiger partial charge in [0, 0.05) is 23.9 Å². The van der Waals surface area contributed by atoms with E-state index < -0.39 is 0 Å². The van der Waals surface area contributed by atoms with Crippen molar-refractivity contribution in [1.82, 2.24) is 15.3 Å². The summed E-state index contributed by atoms with van der Waals surface area (Å²) in [5.41, 5.74) is 3.68. The maximum atomic E-state index is 4.65. The lowest BCUT2D eigenvalue weighted by Crippen LogP contribution is -2.20. The van der Waals surface area contributed by atoms with Crippen molar-refractivity contribution < 1.29 is 0 Å². The molecule has 3 nitrogen and oxygen atoms in total. The van der Waals surface area contributed by atoms with Crippen LogP contribution in [0.15, 0.2) is 0 Å². The second-order valence-corrected chi connectivity index (χ2v) is 5.37. The van der Waals surface area contributed by atoms with Gasteiger partial charge in [-0.25, -0.2) is 9.97 Å². The van der Waals surface area contributed by atoms with E-state index in [0.717, 1.165) is 31.3 Å². The topological polar surface area (TPSA) is 37.8 Å². The molecule has 1 saturated carbocycles. The van der Waals surface area contributed by atoms with E-state index in [1.54, 1.807) is 0 Å². The first-order valence-corrected chi connectivity index (χ1v) is 7.27. The van der Waals surface area contributed by atoms with Gasteiger partial charge in [0.15, 0.2) is 0 Å². The Bertz CT molecular complexity index is 374. The summed E-state index contributed by atoms with van der Waals surface area (Å²) in [5.74, 6) is 1.02. The number of rotatable bonds is 7. The standard InChI is InChI=1S/C15H25N3/c1-4-5-6-15-17-11(2)14(12(3)18-15)9-10-16-13-7-8-13/h13,16H,4-10H2,1-3H3. The van der Waals surface area contributed by atoms with Crippen LogP contribution in [0.4, 0.5) is 0 Å². The van der Waals surface area contributed by atoms with Gasteiger partial charge < -0.3 is 5.32 Å². The predicted molar refractivity (Wildman–Crippen MR) is 74.8 cm³/mol. The minimum Gasteiger partial charge on any atom is -0.314 e. The molecule has 0 spiro atoms. The Morgan fingerprint density at radius 2 is 1.78 bits per heavy atom. The summed E-state index contributed by atoms with van der Waals surface area (Å²) in [6.07, 6.45) is 7.16. The highest BCUT2D eigenvalue weighted by atomic mass is 14.9. The minimum atomic E-state index is 0.787. The summed E-state index contributed by atoms with van der Waals surface area (Å²) < 4.78 is 0. The molecule has 3 heteroatoms. The van der Waals surface area contributed by atoms with E-state index >= 15 is 0 Å². The van der Waals surface area contributed by atoms with Crippen molar-refractivity contribution in [2.45, 2.75) is 65.3 Å². The van der Waals surface area contributed by atoms with Gasteiger partial charge in [-0.15, -0.1) is 0 Å². The van der Waals surface area contributed by atoms with Crippen LogP contribution in [-0.2, 0) is 12.8 Å². The van der Waals surface area contributed by atoms with Crippen molar-refractivity contribution in [3.05, 3.63) is 22.8 Å². The van der Waals surface area contributed by atoms with E-state index in [9.17, 15) is 0 Å². The Hall–Kier alpha value is -0.960. The summed E-state index contributed by atoms with van der Waals surface area (Å²) in [6, 6.07) is 0.787. The number of hydrogen-bond acceptors (Lipinski definition) is 3. The molecule has 0 bridgehead atoms. The van der Waals surface area contributed by atoms with Gasteiger partial charge in [-0.3, -0.25) is 0 Å². The molecule has 2 rings (SSSR count). The third-order valence-electron chi connectivity index (χ3n) is 3.61. The third-order valence-corrected chi connectivity index (χ3v) is 3.61. The van der Waals surface area contributed by atoms with E-state index in [0.29, 0.717) is 0 Å². The molecule has 0 radical (unpaired) electrons. The molecular weight excluding hydrogens is 222 g/mol. The minimum absolute atomic E-state index is 0.787. The van der Waals surface area contributed by atoms with Crippen molar-refractivity contribution >= 4 is 0 Å². The van der Waals surface area contributed by atoms with Gasteiger partial charge in [0.05, 0.1) is 0 Å². The molecule has 1 heterocycles. The zero-order valence-electron chi connectivity index (χ0n) is 11.9. The first-order valence-electron chi connectivity index (χ1n) is 7.27. The zero-order chi connectivity index (χ0) is 13.0. The molecule has 0 amide bonds. The van der Waals surface area contributed by atoms with E-state index in [2.05, 4.69) is 36.1 Å². The molecule has 0 saturated heterocycles. The summed E-state index contributed by atoms with van der Waals surface area (Å²) in [4.78, 5) is 9.29. The summed E-state index contributed by atoms with van der Waals surface area (Å²) in [5, 5.41) is 3.55. The molecule has 0 aliphatic heterocycles. The second-order valence-electron chi connectivity index (χ2n) is 5.37. The SMILES string of the molecule is CCCCc1nc(C)c(CCNC2CC2)c(C)n1. The smallest absolute Gasteiger partial charge is 0.128 e. The lowest BCUT2D eigenvalue weighted by Gasteiger charge is -2.11. The normalized spacial score (nSPS) is 15.1. The average molecular weight is 247 g/mol. The van der Waals surface area contributed by atoms with Crippen LogP contribution in [0, 0.1) is 13.8 Å². The summed E-state index contributed by atoms with van der Waals surface area (Å²) >= 11 is 0. The molecule has 100 valence electrons. The highest BCUT2D eigenvalue weighted by Crippen LogP contribution is 2.19. The first-order chi connectivity index (χ1) is 8.70. The quantitative estimate of drug-likeness (QED) is 0.805. The largest absolute Gasteiger partial charge is 0.314 e. The van der Waals surface area contributed by atoms with Gasteiger partial charge in [0.25, 0.3) is 0 Å². The van der Waals surface area contributed by atoms with Crippen molar-refractivity contribution in [2.24, 2.45) is 0 Å². The monoisotopic (exact) mass is 247 g/mol. The molecule has 1 aromatic heterocycles. The molecular formula is C15H25N3. The lowest BCUT2D eigenvalue weighted by molar-refractivity contribution is 0.670. The molecule has 1 aliphatic carbocycles. The van der Waals surface area contributed by atoms with Crippen molar-refractivity contribution in [3.63, 3.8) is 0 Å². The number of aryl methyl sites for hydroxylation is 3. The first kappa shape index (κ1) is 13.5. The Kier molecular flexibility index (Phi) is 4.70. The Labute approximate surface area is 110 Å². The molecule has 0 atom stereocenters. The van der Waals surface area contributed by atoms with Crippen LogP contribution in [0.2, 0.25) is 0 Å². The number of aromatic nitrogens is 2. The van der Waals surface area contributed by atoms with Crippen LogP contribution < -0.4 is 5.32 Å². The Morgan fingerprint density at radius 1 is 1.11 bits per heavy atom. The molecule has 18 heavy (non-hydrogen) atoms. The van der Waals surface area contributed by atoms with Crippen LogP contribution in [0.3, 0.4) is 0 Å². The van der Waals surface area contributed by atoms with Crippen LogP contribution in [0.5, 0.6) is 0 Å². The molecule has 0 aromatic carbocycles. The van der Waals surface area contributed by atoms with Crippen LogP contribution >= 0.6 is 0 Å². The molecule has 1 aromatic rings. The Morgan fingerprint density at radius 3 is 2.33 bits per heavy atom. The number of nitrogens with one attached hydrogen (secondary N) is 1. The third kappa shape index (κ3) is 3.77. The molecule has 1 aliphatic rings. The second kappa shape index (κ2) is 6.28. The highest BCUT2D eigenvalue weighted by Gasteiger charge is 2.20. The fourth-order valence-electron chi connectivity index (χ4n) is 2.31. The maximum Gasteiger partial charge on any atom is 0.128 e. The van der Waals surface area contributed by atoms with Crippen LogP contribution in [-0.4, -0.2) is 22.6 Å². The van der Waals surface area contributed by atoms with Gasteiger partial charge in [-0.05, 0) is 51.6 Å². The lowest BCUT2D eigenvalue weighted by atomic mass is 10.1. The molecule has 1 N–H and O–H groups in total. The number of unbranched alkanes of at least 4 members (excludes halogenated alkanes) is 1. The van der Waals surface area contributed by atoms with Crippen LogP contribution in [0.25, 0.3) is 0 Å². The van der Waals surface area contributed by atoms with Gasteiger partial charge in [0.2, 0.25) is 0 Å². The Balaban J connectivity index is 1.95. The van der Waals surface area contributed by atoms with Gasteiger partial charge >= 0.3 is 0 Å². The van der Waals surface area contributed by atoms with Gasteiger partial charge in [-0.2, -0.15) is 0 Å². The molecule has 0 unspecified atom stereocenters. The van der Waals surface area contributed by atoms with Crippen LogP contribution in [0.1, 0.15) is 55.4 Å². The fraction of sp³-hybridized carbons (Fsp3) is 0.733. The van der Waals surface area contributed by atoms with E-state index in [1.165, 1.54) is 42.6 Å². The zero-order valence-corrected chi connectivity index (χ0v) is 11.9. The van der Waals surface area contributed by atoms with E-state index in [1.807, 2.05) is 0 Å². The number of nitrogens with zero attached hydrogens (tertiary/aromatic N) is 2. The van der Waals surface area contributed by atoms with Gasteiger partial charge in [-0.1, -0.05) is 13.3 Å². The van der Waals surface area contributed by atoms with Gasteiger partial charge in [0.1, 0.15) is 5.82 Å². The van der Waals surface area contributed by atoms with Crippen molar-refractivity contribution in [1.29, 1.82) is 0 Å². The predicted octanol–water partition coefficient (Wildman–Crippen LogP) is 2.73. The van der Waals surface area contributed by atoms with Crippen molar-refractivity contribution in [2.75, 3.05) is 6.54 Å². The van der Waals surface area contributed by atoms with E-state index in [-0.39, 0.29) is 0 Å². The summed E-state index contributed by atoms with van der Waals surface area (Å²) in [7, 11) is 0. The average Bonchev–Trinajstić information content (AvgIpc) is 3.14. The van der Waals surface area contributed by atoms with E-state index in [4.69, 9.17) is 0 Å². The fourth-order valence-corrected chi connectivity index (χ4v) is 2.31. The maximum absolute atomic E-state index is 4.65. The summed E-state index contributed by atoms with van der Waals surface area (Å²) in [6.45, 7) is 7.51. The number of hydrogen-bond donors (Lipinski definition) is 1.